The van der Waals surface area contributed by atoms with Crippen LogP contribution in [0.5, 0.6) is 0 Å². The summed E-state index contributed by atoms with van der Waals surface area (Å²) >= 11 is 5.91. The lowest BCUT2D eigenvalue weighted by atomic mass is 9.95. The molecule has 1 aliphatic rings. The Labute approximate surface area is 137 Å². The van der Waals surface area contributed by atoms with Gasteiger partial charge in [-0.25, -0.2) is 13.1 Å². The molecule has 1 aliphatic carbocycles. The van der Waals surface area contributed by atoms with Gasteiger partial charge in [-0.1, -0.05) is 30.2 Å². The Balaban J connectivity index is 1.96. The van der Waals surface area contributed by atoms with Gasteiger partial charge >= 0.3 is 0 Å². The van der Waals surface area contributed by atoms with Crippen LogP contribution in [0.3, 0.4) is 0 Å². The minimum Gasteiger partial charge on any atom is -0.212 e. The molecule has 2 rings (SSSR count). The quantitative estimate of drug-likeness (QED) is 0.771. The summed E-state index contributed by atoms with van der Waals surface area (Å²) in [6.45, 7) is 0. The van der Waals surface area contributed by atoms with Gasteiger partial charge in [0.05, 0.1) is 11.8 Å². The Bertz CT molecular complexity index is 623. The number of sulfonamides is 1. The zero-order valence-corrected chi connectivity index (χ0v) is 14.0. The van der Waals surface area contributed by atoms with E-state index in [1.165, 1.54) is 0 Å². The number of hydrogen-bond donors (Lipinski definition) is 1. The second-order valence-corrected chi connectivity index (χ2v) is 8.06. The van der Waals surface area contributed by atoms with Gasteiger partial charge in [-0.15, -0.1) is 0 Å². The standard InChI is InChI=1S/C16H21ClN2O2S/c17-14-9-7-13(8-10-14)15-5-4-6-16(15)19-22(20,21)12-3-1-2-11-18/h7-10,15-16,19H,1-6,12H2/t15-,16+/m0/s1. The molecule has 0 radical (unpaired) electrons. The Morgan fingerprint density at radius 1 is 1.23 bits per heavy atom. The molecular formula is C16H21ClN2O2S. The summed E-state index contributed by atoms with van der Waals surface area (Å²) in [5.74, 6) is 0.310. The van der Waals surface area contributed by atoms with Crippen molar-refractivity contribution in [1.29, 1.82) is 5.26 Å². The number of nitriles is 1. The van der Waals surface area contributed by atoms with Crippen LogP contribution in [-0.2, 0) is 10.0 Å². The lowest BCUT2D eigenvalue weighted by molar-refractivity contribution is 0.523. The van der Waals surface area contributed by atoms with Gasteiger partial charge in [-0.05, 0) is 43.4 Å². The normalized spacial score (nSPS) is 21.6. The molecule has 0 aromatic heterocycles. The molecule has 0 saturated heterocycles. The Kier molecular flexibility index (Phi) is 6.25. The fraction of sp³-hybridized carbons (Fsp3) is 0.562. The number of unbranched alkanes of at least 4 members (excludes halogenated alkanes) is 2. The Morgan fingerprint density at radius 2 is 1.95 bits per heavy atom. The number of nitrogens with one attached hydrogen (secondary N) is 1. The van der Waals surface area contributed by atoms with Gasteiger partial charge in [0.2, 0.25) is 10.0 Å². The molecule has 1 fully saturated rings. The van der Waals surface area contributed by atoms with Gasteiger partial charge in [-0.3, -0.25) is 0 Å². The highest BCUT2D eigenvalue weighted by Crippen LogP contribution is 2.35. The minimum absolute atomic E-state index is 0.0397. The molecule has 120 valence electrons. The van der Waals surface area contributed by atoms with Gasteiger partial charge in [0.1, 0.15) is 0 Å². The van der Waals surface area contributed by atoms with Crippen LogP contribution in [0, 0.1) is 11.3 Å². The van der Waals surface area contributed by atoms with Gasteiger partial charge < -0.3 is 0 Å². The maximum Gasteiger partial charge on any atom is 0.211 e. The van der Waals surface area contributed by atoms with E-state index in [0.717, 1.165) is 24.8 Å². The van der Waals surface area contributed by atoms with E-state index in [1.54, 1.807) is 0 Å². The van der Waals surface area contributed by atoms with Crippen molar-refractivity contribution in [3.05, 3.63) is 34.9 Å². The van der Waals surface area contributed by atoms with Crippen LogP contribution < -0.4 is 4.72 Å². The summed E-state index contributed by atoms with van der Waals surface area (Å²) in [6.07, 6.45) is 4.44. The van der Waals surface area contributed by atoms with Crippen LogP contribution in [0.4, 0.5) is 0 Å². The van der Waals surface area contributed by atoms with Gasteiger partial charge in [-0.2, -0.15) is 5.26 Å². The molecule has 0 bridgehead atoms. The third-order valence-corrected chi connectivity index (χ3v) is 5.84. The lowest BCUT2D eigenvalue weighted by Crippen LogP contribution is -2.37. The van der Waals surface area contributed by atoms with Crippen molar-refractivity contribution in [3.63, 3.8) is 0 Å². The topological polar surface area (TPSA) is 70.0 Å². The van der Waals surface area contributed by atoms with Crippen molar-refractivity contribution in [2.45, 2.75) is 50.5 Å². The molecule has 0 spiro atoms. The number of rotatable bonds is 7. The second-order valence-electron chi connectivity index (χ2n) is 5.75. The summed E-state index contributed by atoms with van der Waals surface area (Å²) in [6, 6.07) is 9.65. The highest BCUT2D eigenvalue weighted by Gasteiger charge is 2.31. The number of hydrogen-bond acceptors (Lipinski definition) is 3. The first kappa shape index (κ1) is 17.3. The molecule has 1 N–H and O–H groups in total. The first-order valence-electron chi connectivity index (χ1n) is 7.64. The van der Waals surface area contributed by atoms with Crippen molar-refractivity contribution in [1.82, 2.24) is 4.72 Å². The Hall–Kier alpha value is -1.09. The lowest BCUT2D eigenvalue weighted by Gasteiger charge is -2.21. The molecule has 0 heterocycles. The predicted molar refractivity (Wildman–Crippen MR) is 88.2 cm³/mol. The summed E-state index contributed by atoms with van der Waals surface area (Å²) in [4.78, 5) is 0. The first-order valence-corrected chi connectivity index (χ1v) is 9.67. The van der Waals surface area contributed by atoms with Crippen LogP contribution in [0.1, 0.15) is 50.0 Å². The summed E-state index contributed by atoms with van der Waals surface area (Å²) in [5, 5.41) is 9.17. The van der Waals surface area contributed by atoms with E-state index in [-0.39, 0.29) is 17.7 Å². The summed E-state index contributed by atoms with van der Waals surface area (Å²) in [5.41, 5.74) is 1.14. The smallest absolute Gasteiger partial charge is 0.211 e. The monoisotopic (exact) mass is 340 g/mol. The second kappa shape index (κ2) is 7.96. The number of halogens is 1. The maximum absolute atomic E-state index is 12.2. The van der Waals surface area contributed by atoms with Crippen molar-refractivity contribution >= 4 is 21.6 Å². The summed E-state index contributed by atoms with van der Waals surface area (Å²) in [7, 11) is -3.28. The predicted octanol–water partition coefficient (Wildman–Crippen LogP) is 3.59. The molecule has 1 aromatic carbocycles. The molecule has 0 amide bonds. The SMILES string of the molecule is N#CCCCCS(=O)(=O)N[C@@H]1CCC[C@H]1c1ccc(Cl)cc1. The fourth-order valence-electron chi connectivity index (χ4n) is 3.00. The van der Waals surface area contributed by atoms with E-state index >= 15 is 0 Å². The third-order valence-electron chi connectivity index (χ3n) is 4.10. The molecule has 22 heavy (non-hydrogen) atoms. The molecule has 2 atom stereocenters. The van der Waals surface area contributed by atoms with Gasteiger partial charge in [0.15, 0.2) is 0 Å². The number of benzene rings is 1. The van der Waals surface area contributed by atoms with E-state index in [9.17, 15) is 8.42 Å². The molecule has 1 saturated carbocycles. The zero-order valence-electron chi connectivity index (χ0n) is 12.5. The van der Waals surface area contributed by atoms with Crippen LogP contribution in [-0.4, -0.2) is 20.2 Å². The molecule has 4 nitrogen and oxygen atoms in total. The molecule has 6 heteroatoms. The minimum atomic E-state index is -3.28. The van der Waals surface area contributed by atoms with Crippen LogP contribution >= 0.6 is 11.6 Å². The van der Waals surface area contributed by atoms with Crippen molar-refractivity contribution in [3.8, 4) is 6.07 Å². The van der Waals surface area contributed by atoms with Crippen molar-refractivity contribution < 1.29 is 8.42 Å². The molecule has 1 aromatic rings. The van der Waals surface area contributed by atoms with E-state index in [0.29, 0.717) is 24.3 Å². The van der Waals surface area contributed by atoms with Crippen LogP contribution in [0.25, 0.3) is 0 Å². The first-order chi connectivity index (χ1) is 10.5. The van der Waals surface area contributed by atoms with E-state index in [2.05, 4.69) is 4.72 Å². The highest BCUT2D eigenvalue weighted by molar-refractivity contribution is 7.89. The fourth-order valence-corrected chi connectivity index (χ4v) is 4.57. The summed E-state index contributed by atoms with van der Waals surface area (Å²) < 4.78 is 27.2. The van der Waals surface area contributed by atoms with Crippen LogP contribution in [0.2, 0.25) is 5.02 Å². The maximum atomic E-state index is 12.2. The number of nitrogens with zero attached hydrogens (tertiary/aromatic N) is 1. The third kappa shape index (κ3) is 4.98. The van der Waals surface area contributed by atoms with E-state index in [4.69, 9.17) is 16.9 Å². The van der Waals surface area contributed by atoms with Gasteiger partial charge in [0.25, 0.3) is 0 Å². The highest BCUT2D eigenvalue weighted by atomic mass is 35.5. The molecule has 0 aliphatic heterocycles. The van der Waals surface area contributed by atoms with E-state index in [1.807, 2.05) is 30.3 Å². The Morgan fingerprint density at radius 3 is 2.64 bits per heavy atom. The average Bonchev–Trinajstić information content (AvgIpc) is 2.92. The van der Waals surface area contributed by atoms with Crippen molar-refractivity contribution in [2.75, 3.05) is 5.75 Å². The van der Waals surface area contributed by atoms with Crippen molar-refractivity contribution in [2.24, 2.45) is 0 Å². The largest absolute Gasteiger partial charge is 0.212 e. The van der Waals surface area contributed by atoms with Crippen LogP contribution in [0.15, 0.2) is 24.3 Å². The van der Waals surface area contributed by atoms with Gasteiger partial charge in [0, 0.05) is 23.4 Å². The zero-order chi connectivity index (χ0) is 16.0. The molecule has 0 unspecified atom stereocenters. The average molecular weight is 341 g/mol. The molecular weight excluding hydrogens is 320 g/mol. The van der Waals surface area contributed by atoms with E-state index < -0.39 is 10.0 Å².